The van der Waals surface area contributed by atoms with Crippen molar-refractivity contribution in [1.29, 1.82) is 0 Å². The first-order chi connectivity index (χ1) is 31.5. The minimum absolute atomic E-state index is 0.546. The van der Waals surface area contributed by atoms with Crippen LogP contribution in [0.15, 0.2) is 216 Å². The summed E-state index contributed by atoms with van der Waals surface area (Å²) in [6.45, 7) is 4.24. The third-order valence-electron chi connectivity index (χ3n) is 11.4. The topological polar surface area (TPSA) is 77.3 Å². The number of rotatable bonds is 8. The zero-order valence-electron chi connectivity index (χ0n) is 35.6. The number of furan rings is 1. The fourth-order valence-corrected chi connectivity index (χ4v) is 9.46. The fourth-order valence-electron chi connectivity index (χ4n) is 8.30. The van der Waals surface area contributed by atoms with Gasteiger partial charge in [-0.3, -0.25) is 0 Å². The summed E-state index contributed by atoms with van der Waals surface area (Å²) in [4.78, 5) is 15.0. The summed E-state index contributed by atoms with van der Waals surface area (Å²) >= 11 is 1.76. The third kappa shape index (κ3) is 7.99. The number of amidine groups is 1. The number of aryl methyl sites for hydroxylation is 1. The molecule has 2 N–H and O–H groups in total. The van der Waals surface area contributed by atoms with Gasteiger partial charge in [0.2, 0.25) is 0 Å². The first-order valence-electron chi connectivity index (χ1n) is 21.5. The van der Waals surface area contributed by atoms with Gasteiger partial charge in [-0.25, -0.2) is 15.0 Å². The maximum atomic E-state index is 6.24. The van der Waals surface area contributed by atoms with E-state index < -0.39 is 0 Å². The third-order valence-corrected chi connectivity index (χ3v) is 12.6. The maximum Gasteiger partial charge on any atom is 0.160 e. The van der Waals surface area contributed by atoms with E-state index >= 15 is 0 Å². The quantitative estimate of drug-likeness (QED) is 0.122. The van der Waals surface area contributed by atoms with Crippen LogP contribution >= 0.6 is 11.3 Å². The molecule has 308 valence electrons. The van der Waals surface area contributed by atoms with Crippen molar-refractivity contribution in [3.05, 3.63) is 223 Å². The first-order valence-corrected chi connectivity index (χ1v) is 22.4. The van der Waals surface area contributed by atoms with Gasteiger partial charge in [0.05, 0.1) is 21.6 Å². The Morgan fingerprint density at radius 2 is 1.19 bits per heavy atom. The SMILES string of the molecule is CC/C=C(/N=C(N)c1ccccc1)c1ccccc1.Cc1cccc2oc3cccc(-c4ccc(-c5nc(-c6cccc(-c7ccccc7)c6)nc6c5sc5ccccc56)cc4)c3c12. The van der Waals surface area contributed by atoms with Crippen LogP contribution in [0.4, 0.5) is 0 Å². The number of allylic oxidation sites excluding steroid dienone is 1. The maximum absolute atomic E-state index is 6.24. The number of nitrogens with zero attached hydrogens (tertiary/aromatic N) is 3. The molecule has 8 aromatic carbocycles. The lowest BCUT2D eigenvalue weighted by Crippen LogP contribution is -2.13. The molecule has 5 nitrogen and oxygen atoms in total. The summed E-state index contributed by atoms with van der Waals surface area (Å²) in [5.74, 6) is 1.28. The van der Waals surface area contributed by atoms with E-state index in [1.165, 1.54) is 26.8 Å². The zero-order valence-corrected chi connectivity index (χ0v) is 36.4. The highest BCUT2D eigenvalue weighted by molar-refractivity contribution is 7.26. The standard InChI is InChI=1S/C41H26N2OS.C17H18N2/c1-25-10-7-17-33-36(25)37-31(16-9-18-34(37)44-33)27-20-22-28(23-21-27)38-40-39(32-15-5-6-19-35(32)45-40)43-41(42-38)30-14-8-13-29(24-30)26-11-3-2-4-12-26;1-2-9-16(14-10-5-3-6-11-14)19-17(18)15-12-7-4-8-13-15/h2-24H,1H3;3-13H,2H2,1H3,(H2,18,19)/b;16-9+. The smallest absolute Gasteiger partial charge is 0.160 e. The van der Waals surface area contributed by atoms with E-state index in [4.69, 9.17) is 20.1 Å². The highest BCUT2D eigenvalue weighted by Gasteiger charge is 2.18. The van der Waals surface area contributed by atoms with E-state index in [1.54, 1.807) is 11.3 Å². The molecule has 0 aliphatic rings. The van der Waals surface area contributed by atoms with E-state index in [2.05, 4.69) is 152 Å². The second-order valence-electron chi connectivity index (χ2n) is 15.7. The number of hydrogen-bond donors (Lipinski definition) is 1. The van der Waals surface area contributed by atoms with E-state index in [0.29, 0.717) is 5.84 Å². The lowest BCUT2D eigenvalue weighted by molar-refractivity contribution is 0.669. The molecule has 11 rings (SSSR count). The van der Waals surface area contributed by atoms with Crippen molar-refractivity contribution in [2.45, 2.75) is 20.3 Å². The van der Waals surface area contributed by atoms with Crippen LogP contribution in [0.5, 0.6) is 0 Å². The van der Waals surface area contributed by atoms with Crippen LogP contribution < -0.4 is 5.73 Å². The summed E-state index contributed by atoms with van der Waals surface area (Å²) in [5, 5.41) is 3.50. The highest BCUT2D eigenvalue weighted by Crippen LogP contribution is 2.42. The molecule has 0 aliphatic carbocycles. The van der Waals surface area contributed by atoms with Gasteiger partial charge in [-0.05, 0) is 71.0 Å². The highest BCUT2D eigenvalue weighted by atomic mass is 32.1. The van der Waals surface area contributed by atoms with Gasteiger partial charge in [0.1, 0.15) is 17.0 Å². The number of aromatic nitrogens is 2. The molecule has 0 atom stereocenters. The van der Waals surface area contributed by atoms with Crippen LogP contribution in [-0.4, -0.2) is 15.8 Å². The van der Waals surface area contributed by atoms with Crippen LogP contribution in [0.25, 0.3) is 92.8 Å². The number of hydrogen-bond acceptors (Lipinski definition) is 5. The second-order valence-corrected chi connectivity index (χ2v) is 16.7. The van der Waals surface area contributed by atoms with Crippen molar-refractivity contribution < 1.29 is 4.42 Å². The summed E-state index contributed by atoms with van der Waals surface area (Å²) in [6.07, 6.45) is 3.01. The average molecular weight is 845 g/mol. The van der Waals surface area contributed by atoms with Crippen molar-refractivity contribution in [1.82, 2.24) is 9.97 Å². The molecule has 0 unspecified atom stereocenters. The van der Waals surface area contributed by atoms with Gasteiger partial charge in [0.25, 0.3) is 0 Å². The lowest BCUT2D eigenvalue weighted by atomic mass is 9.96. The predicted octanol–water partition coefficient (Wildman–Crippen LogP) is 15.6. The Kier molecular flexibility index (Phi) is 11.2. The van der Waals surface area contributed by atoms with Crippen molar-refractivity contribution in [3.63, 3.8) is 0 Å². The molecule has 0 spiro atoms. The fraction of sp³-hybridized carbons (Fsp3) is 0.0517. The molecule has 6 heteroatoms. The molecule has 0 fully saturated rings. The van der Waals surface area contributed by atoms with Gasteiger partial charge in [0, 0.05) is 37.5 Å². The molecule has 0 aliphatic heterocycles. The lowest BCUT2D eigenvalue weighted by Gasteiger charge is -2.10. The molecule has 0 amide bonds. The van der Waals surface area contributed by atoms with Crippen molar-refractivity contribution in [3.8, 4) is 44.9 Å². The first kappa shape index (κ1) is 40.2. The van der Waals surface area contributed by atoms with E-state index in [9.17, 15) is 0 Å². The van der Waals surface area contributed by atoms with Crippen LogP contribution in [-0.2, 0) is 0 Å². The van der Waals surface area contributed by atoms with Crippen LogP contribution in [0.3, 0.4) is 0 Å². The number of thiophene rings is 1. The van der Waals surface area contributed by atoms with E-state index in [1.807, 2.05) is 72.8 Å². The molecule has 0 radical (unpaired) electrons. The summed E-state index contributed by atoms with van der Waals surface area (Å²) in [7, 11) is 0. The molecule has 3 heterocycles. The predicted molar refractivity (Wildman–Crippen MR) is 271 cm³/mol. The Balaban J connectivity index is 0.000000215. The summed E-state index contributed by atoms with van der Waals surface area (Å²) < 4.78 is 8.56. The van der Waals surface area contributed by atoms with Crippen molar-refractivity contribution in [2.24, 2.45) is 10.7 Å². The van der Waals surface area contributed by atoms with Crippen molar-refractivity contribution in [2.75, 3.05) is 0 Å². The van der Waals surface area contributed by atoms with Crippen LogP contribution in [0.1, 0.15) is 30.0 Å². The van der Waals surface area contributed by atoms with Crippen LogP contribution in [0, 0.1) is 6.92 Å². The van der Waals surface area contributed by atoms with E-state index in [-0.39, 0.29) is 0 Å². The monoisotopic (exact) mass is 844 g/mol. The van der Waals surface area contributed by atoms with Gasteiger partial charge >= 0.3 is 0 Å². The van der Waals surface area contributed by atoms with Crippen LogP contribution in [0.2, 0.25) is 0 Å². The molecule has 64 heavy (non-hydrogen) atoms. The Labute approximate surface area is 376 Å². The average Bonchev–Trinajstić information content (AvgIpc) is 3.94. The Morgan fingerprint density at radius 1 is 0.578 bits per heavy atom. The van der Waals surface area contributed by atoms with Gasteiger partial charge in [-0.1, -0.05) is 189 Å². The van der Waals surface area contributed by atoms with Gasteiger partial charge in [-0.15, -0.1) is 11.3 Å². The normalized spacial score (nSPS) is 11.9. The molecule has 0 bridgehead atoms. The van der Waals surface area contributed by atoms with Gasteiger partial charge in [-0.2, -0.15) is 0 Å². The molecule has 0 saturated heterocycles. The number of aliphatic imine (C=N–C) groups is 1. The molecule has 11 aromatic rings. The Morgan fingerprint density at radius 3 is 1.94 bits per heavy atom. The second kappa shape index (κ2) is 17.8. The molecular weight excluding hydrogens is 801 g/mol. The Bertz CT molecular complexity index is 3480. The number of fused-ring (bicyclic) bond motifs is 6. The molecule has 0 saturated carbocycles. The van der Waals surface area contributed by atoms with Crippen molar-refractivity contribution >= 4 is 65.1 Å². The molecule has 3 aromatic heterocycles. The van der Waals surface area contributed by atoms with E-state index in [0.717, 1.165) is 89.2 Å². The summed E-state index contributed by atoms with van der Waals surface area (Å²) in [6, 6.07) is 68.8. The minimum atomic E-state index is 0.546. The molecular formula is C58H44N4OS. The van der Waals surface area contributed by atoms with Gasteiger partial charge in [0.15, 0.2) is 5.82 Å². The number of nitrogens with two attached hydrogens (primary N) is 1. The summed E-state index contributed by atoms with van der Waals surface area (Å²) in [5.41, 5.74) is 20.7. The minimum Gasteiger partial charge on any atom is -0.456 e. The largest absolute Gasteiger partial charge is 0.456 e. The van der Waals surface area contributed by atoms with Gasteiger partial charge < -0.3 is 10.2 Å². The number of benzene rings is 8. The zero-order chi connectivity index (χ0) is 43.4. The Hall–Kier alpha value is -7.93.